The maximum atomic E-state index is 12.6. The lowest BCUT2D eigenvalue weighted by Gasteiger charge is -2.16. The quantitative estimate of drug-likeness (QED) is 0.747. The van der Waals surface area contributed by atoms with Crippen molar-refractivity contribution in [1.82, 2.24) is 25.0 Å². The molecule has 0 atom stereocenters. The Morgan fingerprint density at radius 2 is 2.00 bits per heavy atom. The molecule has 3 aromatic rings. The highest BCUT2D eigenvalue weighted by atomic mass is 32.1. The molecule has 134 valence electrons. The molecule has 0 aliphatic rings. The van der Waals surface area contributed by atoms with Gasteiger partial charge in [0.05, 0.1) is 6.20 Å². The Hall–Kier alpha value is -3.00. The van der Waals surface area contributed by atoms with Crippen LogP contribution in [0.5, 0.6) is 0 Å². The Labute approximate surface area is 155 Å². The molecule has 0 spiro atoms. The van der Waals surface area contributed by atoms with E-state index in [1.165, 1.54) is 11.3 Å². The number of thiazole rings is 1. The van der Waals surface area contributed by atoms with Gasteiger partial charge in [-0.2, -0.15) is 5.10 Å². The van der Waals surface area contributed by atoms with Gasteiger partial charge in [0.25, 0.3) is 11.8 Å². The van der Waals surface area contributed by atoms with E-state index >= 15 is 0 Å². The van der Waals surface area contributed by atoms with Crippen molar-refractivity contribution < 1.29 is 9.59 Å². The molecule has 2 aromatic heterocycles. The molecule has 2 amide bonds. The predicted molar refractivity (Wildman–Crippen MR) is 99.9 cm³/mol. The fourth-order valence-electron chi connectivity index (χ4n) is 2.48. The van der Waals surface area contributed by atoms with Crippen molar-refractivity contribution in [3.05, 3.63) is 58.9 Å². The molecular weight excluding hydrogens is 350 g/mol. The number of nitrogens with one attached hydrogen (secondary N) is 1. The summed E-state index contributed by atoms with van der Waals surface area (Å²) in [6.45, 7) is 0.437. The minimum atomic E-state index is -0.147. The van der Waals surface area contributed by atoms with E-state index in [9.17, 15) is 9.59 Å². The first-order chi connectivity index (χ1) is 12.5. The number of aromatic nitrogens is 3. The number of amides is 2. The monoisotopic (exact) mass is 369 g/mol. The number of benzene rings is 1. The zero-order valence-corrected chi connectivity index (χ0v) is 15.6. The van der Waals surface area contributed by atoms with Crippen LogP contribution in [0.4, 0.5) is 0 Å². The van der Waals surface area contributed by atoms with Crippen LogP contribution in [0.3, 0.4) is 0 Å². The van der Waals surface area contributed by atoms with E-state index in [0.717, 1.165) is 16.1 Å². The van der Waals surface area contributed by atoms with Gasteiger partial charge in [0.1, 0.15) is 10.7 Å². The molecule has 8 heteroatoms. The maximum Gasteiger partial charge on any atom is 0.273 e. The highest BCUT2D eigenvalue weighted by Gasteiger charge is 2.17. The molecule has 26 heavy (non-hydrogen) atoms. The molecule has 0 bridgehead atoms. The smallest absolute Gasteiger partial charge is 0.273 e. The largest absolute Gasteiger partial charge is 0.355 e. The van der Waals surface area contributed by atoms with Gasteiger partial charge in [0, 0.05) is 50.4 Å². The highest BCUT2D eigenvalue weighted by molar-refractivity contribution is 7.13. The number of rotatable bonds is 5. The second kappa shape index (κ2) is 7.49. The van der Waals surface area contributed by atoms with E-state index in [-0.39, 0.29) is 11.8 Å². The fraction of sp³-hybridized carbons (Fsp3) is 0.222. The van der Waals surface area contributed by atoms with Crippen molar-refractivity contribution in [1.29, 1.82) is 0 Å². The summed E-state index contributed by atoms with van der Waals surface area (Å²) < 4.78 is 1.70. The molecule has 0 aliphatic heterocycles. The fourth-order valence-corrected chi connectivity index (χ4v) is 3.25. The van der Waals surface area contributed by atoms with Gasteiger partial charge in [0.2, 0.25) is 0 Å². The van der Waals surface area contributed by atoms with Gasteiger partial charge >= 0.3 is 0 Å². The van der Waals surface area contributed by atoms with Gasteiger partial charge in [-0.15, -0.1) is 11.3 Å². The maximum absolute atomic E-state index is 12.6. The van der Waals surface area contributed by atoms with Crippen molar-refractivity contribution in [2.45, 2.75) is 6.54 Å². The van der Waals surface area contributed by atoms with E-state index in [1.807, 2.05) is 25.4 Å². The van der Waals surface area contributed by atoms with Crippen molar-refractivity contribution in [3.8, 4) is 10.6 Å². The highest BCUT2D eigenvalue weighted by Crippen LogP contribution is 2.23. The number of hydrogen-bond acceptors (Lipinski definition) is 5. The first-order valence-corrected chi connectivity index (χ1v) is 8.87. The van der Waals surface area contributed by atoms with Gasteiger partial charge in [-0.3, -0.25) is 14.3 Å². The third kappa shape index (κ3) is 3.80. The number of nitrogens with zero attached hydrogens (tertiary/aromatic N) is 4. The summed E-state index contributed by atoms with van der Waals surface area (Å²) in [6.07, 6.45) is 3.59. The molecule has 0 unspecified atom stereocenters. The Bertz CT molecular complexity index is 929. The van der Waals surface area contributed by atoms with Crippen LogP contribution in [0.25, 0.3) is 10.6 Å². The van der Waals surface area contributed by atoms with E-state index in [0.29, 0.717) is 17.8 Å². The third-order valence-electron chi connectivity index (χ3n) is 3.88. The van der Waals surface area contributed by atoms with Crippen LogP contribution in [-0.2, 0) is 13.6 Å². The number of carbonyl (C=O) groups is 2. The Balaban J connectivity index is 1.68. The van der Waals surface area contributed by atoms with Crippen LogP contribution < -0.4 is 5.32 Å². The third-order valence-corrected chi connectivity index (χ3v) is 4.78. The molecule has 1 aromatic carbocycles. The predicted octanol–water partition coefficient (Wildman–Crippen LogP) is 2.18. The SMILES string of the molecule is CNC(=O)c1ccc(CN(C)C(=O)c2csc(-c3cnn(C)c3)n2)cc1. The summed E-state index contributed by atoms with van der Waals surface area (Å²) in [4.78, 5) is 30.2. The summed E-state index contributed by atoms with van der Waals surface area (Å²) in [5.41, 5.74) is 2.84. The molecule has 0 fully saturated rings. The Kier molecular flexibility index (Phi) is 5.13. The van der Waals surface area contributed by atoms with Crippen LogP contribution in [0, 0.1) is 0 Å². The second-order valence-corrected chi connectivity index (χ2v) is 6.74. The summed E-state index contributed by atoms with van der Waals surface area (Å²) in [6, 6.07) is 7.18. The van der Waals surface area contributed by atoms with Crippen LogP contribution >= 0.6 is 11.3 Å². The molecule has 0 aliphatic carbocycles. The standard InChI is InChI=1S/C18H19N5O2S/c1-19-16(24)13-6-4-12(5-7-13)9-22(2)18(25)15-11-26-17(21-15)14-8-20-23(3)10-14/h4-8,10-11H,9H2,1-3H3,(H,19,24). The van der Waals surface area contributed by atoms with Crippen LogP contribution in [0.1, 0.15) is 26.4 Å². The molecule has 3 rings (SSSR count). The second-order valence-electron chi connectivity index (χ2n) is 5.88. The minimum absolute atomic E-state index is 0.133. The van der Waals surface area contributed by atoms with Crippen LogP contribution in [0.15, 0.2) is 42.0 Å². The van der Waals surface area contributed by atoms with Crippen molar-refractivity contribution in [2.75, 3.05) is 14.1 Å². The molecule has 7 nitrogen and oxygen atoms in total. The van der Waals surface area contributed by atoms with Gasteiger partial charge in [-0.25, -0.2) is 4.98 Å². The Morgan fingerprint density at radius 3 is 2.62 bits per heavy atom. The Morgan fingerprint density at radius 1 is 1.27 bits per heavy atom. The van der Waals surface area contributed by atoms with Crippen molar-refractivity contribution in [3.63, 3.8) is 0 Å². The first kappa shape index (κ1) is 17.8. The van der Waals surface area contributed by atoms with Crippen LogP contribution in [-0.4, -0.2) is 45.6 Å². The molecule has 1 N–H and O–H groups in total. The summed E-state index contributed by atoms with van der Waals surface area (Å²) in [5.74, 6) is -0.279. The lowest BCUT2D eigenvalue weighted by Crippen LogP contribution is -2.26. The van der Waals surface area contributed by atoms with Gasteiger partial charge in [-0.1, -0.05) is 12.1 Å². The molecular formula is C18H19N5O2S. The average molecular weight is 369 g/mol. The van der Waals surface area contributed by atoms with E-state index in [1.54, 1.807) is 47.4 Å². The number of carbonyl (C=O) groups excluding carboxylic acids is 2. The lowest BCUT2D eigenvalue weighted by molar-refractivity contribution is 0.0779. The lowest BCUT2D eigenvalue weighted by atomic mass is 10.1. The molecule has 2 heterocycles. The molecule has 0 radical (unpaired) electrons. The van der Waals surface area contributed by atoms with Gasteiger partial charge in [0.15, 0.2) is 0 Å². The van der Waals surface area contributed by atoms with Gasteiger partial charge in [-0.05, 0) is 17.7 Å². The van der Waals surface area contributed by atoms with Crippen LogP contribution in [0.2, 0.25) is 0 Å². The van der Waals surface area contributed by atoms with E-state index < -0.39 is 0 Å². The topological polar surface area (TPSA) is 80.1 Å². The van der Waals surface area contributed by atoms with Gasteiger partial charge < -0.3 is 10.2 Å². The van der Waals surface area contributed by atoms with Crippen molar-refractivity contribution in [2.24, 2.45) is 7.05 Å². The van der Waals surface area contributed by atoms with E-state index in [4.69, 9.17) is 0 Å². The van der Waals surface area contributed by atoms with E-state index in [2.05, 4.69) is 15.4 Å². The molecule has 0 saturated heterocycles. The summed E-state index contributed by atoms with van der Waals surface area (Å²) >= 11 is 1.42. The zero-order valence-electron chi connectivity index (χ0n) is 14.8. The normalized spacial score (nSPS) is 10.6. The number of aryl methyl sites for hydroxylation is 1. The summed E-state index contributed by atoms with van der Waals surface area (Å²) in [5, 5.41) is 9.23. The summed E-state index contributed by atoms with van der Waals surface area (Å²) in [7, 11) is 5.17. The molecule has 0 saturated carbocycles. The first-order valence-electron chi connectivity index (χ1n) is 7.99. The number of hydrogen-bond donors (Lipinski definition) is 1. The minimum Gasteiger partial charge on any atom is -0.355 e. The zero-order chi connectivity index (χ0) is 18.7. The van der Waals surface area contributed by atoms with Crippen molar-refractivity contribution >= 4 is 23.2 Å². The average Bonchev–Trinajstić information content (AvgIpc) is 3.30.